The highest BCUT2D eigenvalue weighted by atomic mass is 16.5. The second-order valence-corrected chi connectivity index (χ2v) is 9.84. The Morgan fingerprint density at radius 3 is 1.88 bits per heavy atom. The molecule has 9 nitrogen and oxygen atoms in total. The molecular formula is C32H35N3O6. The molecule has 0 amide bonds. The van der Waals surface area contributed by atoms with Crippen molar-refractivity contribution in [2.24, 2.45) is 0 Å². The molecule has 214 valence electrons. The first kappa shape index (κ1) is 26.9. The van der Waals surface area contributed by atoms with E-state index in [9.17, 15) is 0 Å². The van der Waals surface area contributed by atoms with E-state index in [0.717, 1.165) is 82.7 Å². The minimum Gasteiger partial charge on any atom is -0.492 e. The van der Waals surface area contributed by atoms with E-state index >= 15 is 0 Å². The van der Waals surface area contributed by atoms with Crippen LogP contribution < -0.4 is 23.7 Å². The summed E-state index contributed by atoms with van der Waals surface area (Å²) in [5, 5.41) is 2.00. The Morgan fingerprint density at radius 1 is 0.707 bits per heavy atom. The summed E-state index contributed by atoms with van der Waals surface area (Å²) < 4.78 is 35.8. The van der Waals surface area contributed by atoms with Crippen molar-refractivity contribution in [1.82, 2.24) is 14.9 Å². The predicted molar refractivity (Wildman–Crippen MR) is 160 cm³/mol. The number of aromatic amines is 2. The van der Waals surface area contributed by atoms with E-state index in [1.54, 1.807) is 28.4 Å². The molecule has 0 unspecified atom stereocenters. The number of morpholine rings is 1. The van der Waals surface area contributed by atoms with Gasteiger partial charge in [-0.3, -0.25) is 4.90 Å². The third-order valence-corrected chi connectivity index (χ3v) is 7.70. The van der Waals surface area contributed by atoms with Gasteiger partial charge in [0.2, 0.25) is 0 Å². The molecule has 41 heavy (non-hydrogen) atoms. The molecule has 0 saturated carbocycles. The summed E-state index contributed by atoms with van der Waals surface area (Å²) in [6.45, 7) is 4.86. The Morgan fingerprint density at radius 2 is 1.27 bits per heavy atom. The average molecular weight is 558 g/mol. The number of rotatable bonds is 10. The van der Waals surface area contributed by atoms with Crippen LogP contribution >= 0.6 is 0 Å². The number of para-hydroxylation sites is 1. The van der Waals surface area contributed by atoms with Crippen LogP contribution in [0.2, 0.25) is 0 Å². The molecule has 5 aromatic rings. The van der Waals surface area contributed by atoms with Crippen molar-refractivity contribution in [3.8, 4) is 51.0 Å². The Hall–Kier alpha value is -4.34. The van der Waals surface area contributed by atoms with Gasteiger partial charge in [-0.25, -0.2) is 0 Å². The third kappa shape index (κ3) is 4.81. The number of ether oxygens (including phenoxy) is 6. The maximum Gasteiger partial charge on any atom is 0.173 e. The molecule has 9 heteroatoms. The van der Waals surface area contributed by atoms with Gasteiger partial charge in [0, 0.05) is 65.0 Å². The molecule has 6 rings (SSSR count). The zero-order chi connectivity index (χ0) is 28.3. The number of fused-ring (bicyclic) bond motifs is 2. The van der Waals surface area contributed by atoms with Crippen LogP contribution in [0.1, 0.15) is 0 Å². The fourth-order valence-corrected chi connectivity index (χ4v) is 5.72. The lowest BCUT2D eigenvalue weighted by atomic mass is 9.94. The minimum atomic E-state index is 0.546. The third-order valence-electron chi connectivity index (χ3n) is 7.70. The Kier molecular flexibility index (Phi) is 7.63. The average Bonchev–Trinajstić information content (AvgIpc) is 3.64. The Balaban J connectivity index is 1.47. The molecule has 0 atom stereocenters. The zero-order valence-corrected chi connectivity index (χ0v) is 23.8. The maximum atomic E-state index is 6.18. The fourth-order valence-electron chi connectivity index (χ4n) is 5.72. The van der Waals surface area contributed by atoms with Crippen molar-refractivity contribution in [3.63, 3.8) is 0 Å². The maximum absolute atomic E-state index is 6.18. The number of H-pyrrole nitrogens is 2. The number of nitrogens with zero attached hydrogens (tertiary/aromatic N) is 1. The van der Waals surface area contributed by atoms with Gasteiger partial charge in [0.1, 0.15) is 12.4 Å². The lowest BCUT2D eigenvalue weighted by Gasteiger charge is -2.26. The number of benzene rings is 3. The van der Waals surface area contributed by atoms with Gasteiger partial charge in [0.15, 0.2) is 23.0 Å². The van der Waals surface area contributed by atoms with Gasteiger partial charge in [0.25, 0.3) is 0 Å². The van der Waals surface area contributed by atoms with Crippen LogP contribution in [0.15, 0.2) is 54.9 Å². The van der Waals surface area contributed by atoms with Gasteiger partial charge in [0.05, 0.1) is 52.8 Å². The summed E-state index contributed by atoms with van der Waals surface area (Å²) in [6, 6.07) is 14.2. The molecule has 1 fully saturated rings. The van der Waals surface area contributed by atoms with E-state index in [1.807, 2.05) is 48.8 Å². The second kappa shape index (κ2) is 11.6. The van der Waals surface area contributed by atoms with Crippen molar-refractivity contribution in [3.05, 3.63) is 54.9 Å². The van der Waals surface area contributed by atoms with Crippen LogP contribution in [-0.4, -0.2) is 82.8 Å². The summed E-state index contributed by atoms with van der Waals surface area (Å²) in [5.74, 6) is 2.99. The van der Waals surface area contributed by atoms with Crippen LogP contribution in [-0.2, 0) is 4.74 Å². The van der Waals surface area contributed by atoms with Crippen molar-refractivity contribution >= 4 is 21.8 Å². The van der Waals surface area contributed by atoms with Crippen LogP contribution in [0, 0.1) is 0 Å². The second-order valence-electron chi connectivity index (χ2n) is 9.84. The summed E-state index contributed by atoms with van der Waals surface area (Å²) >= 11 is 0. The molecule has 2 aromatic heterocycles. The Bertz CT molecular complexity index is 1630. The molecule has 0 aliphatic carbocycles. The highest BCUT2D eigenvalue weighted by molar-refractivity contribution is 6.06. The van der Waals surface area contributed by atoms with Crippen LogP contribution in [0.3, 0.4) is 0 Å². The van der Waals surface area contributed by atoms with Crippen molar-refractivity contribution < 1.29 is 28.4 Å². The van der Waals surface area contributed by atoms with Gasteiger partial charge in [-0.2, -0.15) is 0 Å². The van der Waals surface area contributed by atoms with E-state index < -0.39 is 0 Å². The van der Waals surface area contributed by atoms with Crippen molar-refractivity contribution in [2.45, 2.75) is 0 Å². The normalized spacial score (nSPS) is 14.0. The topological polar surface area (TPSA) is 90.2 Å². The monoisotopic (exact) mass is 557 g/mol. The minimum absolute atomic E-state index is 0.546. The lowest BCUT2D eigenvalue weighted by molar-refractivity contribution is 0.0322. The molecular weight excluding hydrogens is 522 g/mol. The largest absolute Gasteiger partial charge is 0.492 e. The molecule has 0 spiro atoms. The van der Waals surface area contributed by atoms with Crippen LogP contribution in [0.5, 0.6) is 28.7 Å². The van der Waals surface area contributed by atoms with E-state index in [4.69, 9.17) is 28.4 Å². The molecule has 1 aliphatic heterocycles. The van der Waals surface area contributed by atoms with Crippen molar-refractivity contribution in [2.75, 3.05) is 67.9 Å². The quantitative estimate of drug-likeness (QED) is 0.227. The summed E-state index contributed by atoms with van der Waals surface area (Å²) in [7, 11) is 6.56. The van der Waals surface area contributed by atoms with Crippen molar-refractivity contribution in [1.29, 1.82) is 0 Å². The SMILES string of the molecule is COc1c(OC)c(-c2c[nH]c3ccc(OCCN4CCOCC4)cc23)c(OC)c(OC)c1-c1c[nH]c2ccccc12. The smallest absolute Gasteiger partial charge is 0.173 e. The summed E-state index contributed by atoms with van der Waals surface area (Å²) in [6.07, 6.45) is 3.91. The molecule has 2 N–H and O–H groups in total. The van der Waals surface area contributed by atoms with Gasteiger partial charge in [-0.15, -0.1) is 0 Å². The van der Waals surface area contributed by atoms with E-state index in [2.05, 4.69) is 20.9 Å². The number of aromatic nitrogens is 2. The van der Waals surface area contributed by atoms with Gasteiger partial charge >= 0.3 is 0 Å². The zero-order valence-electron chi connectivity index (χ0n) is 23.8. The molecule has 1 saturated heterocycles. The van der Waals surface area contributed by atoms with Crippen LogP contribution in [0.4, 0.5) is 0 Å². The standard InChI is InChI=1S/C32H35N3O6/c1-36-29-27(23-18-33-25-8-6-5-7-21(23)25)30(37-2)32(39-4)28(31(29)38-3)24-19-34-26-10-9-20(17-22(24)26)41-16-13-35-11-14-40-15-12-35/h5-10,17-19,33-34H,11-16H2,1-4H3. The summed E-state index contributed by atoms with van der Waals surface area (Å²) in [5.41, 5.74) is 5.25. The Labute approximate surface area is 238 Å². The first-order chi connectivity index (χ1) is 20.2. The fraction of sp³-hybridized carbons (Fsp3) is 0.312. The highest BCUT2D eigenvalue weighted by Crippen LogP contribution is 2.58. The van der Waals surface area contributed by atoms with E-state index in [1.165, 1.54) is 0 Å². The molecule has 1 aliphatic rings. The molecule has 3 aromatic carbocycles. The van der Waals surface area contributed by atoms with Gasteiger partial charge in [-0.1, -0.05) is 18.2 Å². The lowest BCUT2D eigenvalue weighted by Crippen LogP contribution is -2.38. The number of hydrogen-bond donors (Lipinski definition) is 2. The summed E-state index contributed by atoms with van der Waals surface area (Å²) in [4.78, 5) is 9.10. The number of nitrogens with one attached hydrogen (secondary N) is 2. The molecule has 0 bridgehead atoms. The molecule has 0 radical (unpaired) electrons. The number of hydrogen-bond acceptors (Lipinski definition) is 7. The van der Waals surface area contributed by atoms with Crippen LogP contribution in [0.25, 0.3) is 44.1 Å². The molecule has 3 heterocycles. The van der Waals surface area contributed by atoms with E-state index in [0.29, 0.717) is 29.6 Å². The number of methoxy groups -OCH3 is 4. The van der Waals surface area contributed by atoms with Gasteiger partial charge < -0.3 is 38.4 Å². The highest BCUT2D eigenvalue weighted by Gasteiger charge is 2.31. The predicted octanol–water partition coefficient (Wildman–Crippen LogP) is 5.73. The van der Waals surface area contributed by atoms with E-state index in [-0.39, 0.29) is 0 Å². The first-order valence-electron chi connectivity index (χ1n) is 13.7. The van der Waals surface area contributed by atoms with Gasteiger partial charge in [-0.05, 0) is 24.3 Å². The first-order valence-corrected chi connectivity index (χ1v) is 13.7.